The Bertz CT molecular complexity index is 254. The normalized spacial score (nSPS) is 36.0. The molecule has 2 heterocycles. The van der Waals surface area contributed by atoms with Gasteiger partial charge in [0, 0.05) is 0 Å². The van der Waals surface area contributed by atoms with E-state index in [1.807, 2.05) is 0 Å². The largest absolute Gasteiger partial charge is 0.369 e. The second-order valence-corrected chi connectivity index (χ2v) is 6.33. The number of hydrogen-bond donors (Lipinski definition) is 0. The molecule has 0 saturated carbocycles. The van der Waals surface area contributed by atoms with Crippen LogP contribution in [0.2, 0.25) is 0 Å². The standard InChI is InChI=1S/C16H30O3/c1-5-7-9-15(11-17-15)13(3)19-14(4)16(12-18-16)10-8-6-2/h13-14H,5-12H2,1-4H3. The highest BCUT2D eigenvalue weighted by atomic mass is 16.7. The first-order chi connectivity index (χ1) is 9.08. The molecule has 0 aliphatic carbocycles. The summed E-state index contributed by atoms with van der Waals surface area (Å²) in [6, 6.07) is 0. The summed E-state index contributed by atoms with van der Waals surface area (Å²) in [4.78, 5) is 0. The minimum Gasteiger partial charge on any atom is -0.369 e. The van der Waals surface area contributed by atoms with Crippen LogP contribution in [0.25, 0.3) is 0 Å². The van der Waals surface area contributed by atoms with Crippen LogP contribution in [0.4, 0.5) is 0 Å². The van der Waals surface area contributed by atoms with Crippen LogP contribution in [0.5, 0.6) is 0 Å². The molecule has 2 aliphatic heterocycles. The first kappa shape index (κ1) is 15.3. The average molecular weight is 270 g/mol. The first-order valence-corrected chi connectivity index (χ1v) is 8.02. The van der Waals surface area contributed by atoms with Gasteiger partial charge in [-0.25, -0.2) is 0 Å². The Labute approximate surface area is 118 Å². The highest BCUT2D eigenvalue weighted by Crippen LogP contribution is 2.42. The first-order valence-electron chi connectivity index (χ1n) is 8.02. The van der Waals surface area contributed by atoms with Crippen LogP contribution in [-0.2, 0) is 14.2 Å². The Balaban J connectivity index is 1.80. The monoisotopic (exact) mass is 270 g/mol. The van der Waals surface area contributed by atoms with E-state index in [2.05, 4.69) is 27.7 Å². The predicted octanol–water partition coefficient (Wildman–Crippen LogP) is 3.70. The van der Waals surface area contributed by atoms with Crippen molar-refractivity contribution in [2.75, 3.05) is 13.2 Å². The van der Waals surface area contributed by atoms with Crippen molar-refractivity contribution in [3.05, 3.63) is 0 Å². The number of ether oxygens (including phenoxy) is 3. The van der Waals surface area contributed by atoms with E-state index in [0.29, 0.717) is 0 Å². The highest BCUT2D eigenvalue weighted by molar-refractivity contribution is 5.02. The lowest BCUT2D eigenvalue weighted by atomic mass is 9.95. The van der Waals surface area contributed by atoms with E-state index < -0.39 is 0 Å². The fourth-order valence-corrected chi connectivity index (χ4v) is 2.86. The number of unbranched alkanes of at least 4 members (excludes halogenated alkanes) is 2. The van der Waals surface area contributed by atoms with Gasteiger partial charge in [-0.05, 0) is 26.7 Å². The Morgan fingerprint density at radius 1 is 0.895 bits per heavy atom. The summed E-state index contributed by atoms with van der Waals surface area (Å²) in [6.07, 6.45) is 7.49. The van der Waals surface area contributed by atoms with Gasteiger partial charge < -0.3 is 14.2 Å². The Kier molecular flexibility index (Phi) is 4.91. The molecule has 0 aromatic carbocycles. The second kappa shape index (κ2) is 6.11. The molecule has 0 amide bonds. The Hall–Kier alpha value is -0.120. The zero-order valence-corrected chi connectivity index (χ0v) is 13.0. The molecule has 4 atom stereocenters. The molecule has 0 radical (unpaired) electrons. The van der Waals surface area contributed by atoms with Gasteiger partial charge in [0.05, 0.1) is 25.4 Å². The Morgan fingerprint density at radius 3 is 1.53 bits per heavy atom. The van der Waals surface area contributed by atoms with E-state index in [4.69, 9.17) is 14.2 Å². The average Bonchev–Trinajstić information content (AvgIpc) is 3.28. The zero-order valence-electron chi connectivity index (χ0n) is 13.0. The lowest BCUT2D eigenvalue weighted by Gasteiger charge is -2.28. The quantitative estimate of drug-likeness (QED) is 0.568. The molecule has 19 heavy (non-hydrogen) atoms. The van der Waals surface area contributed by atoms with Crippen LogP contribution in [0.3, 0.4) is 0 Å². The molecule has 0 bridgehead atoms. The maximum Gasteiger partial charge on any atom is 0.117 e. The minimum atomic E-state index is 0.00507. The SMILES string of the molecule is CCCCC1(C(C)OC(C)C2(CCCC)CO2)CO1. The van der Waals surface area contributed by atoms with E-state index in [1.54, 1.807) is 0 Å². The van der Waals surface area contributed by atoms with Gasteiger partial charge in [-0.3, -0.25) is 0 Å². The summed E-state index contributed by atoms with van der Waals surface area (Å²) in [5.41, 5.74) is 0.0101. The number of epoxide rings is 2. The van der Waals surface area contributed by atoms with Gasteiger partial charge in [0.25, 0.3) is 0 Å². The molecule has 3 heteroatoms. The molecule has 112 valence electrons. The van der Waals surface area contributed by atoms with Crippen molar-refractivity contribution in [3.63, 3.8) is 0 Å². The van der Waals surface area contributed by atoms with E-state index in [9.17, 15) is 0 Å². The summed E-state index contributed by atoms with van der Waals surface area (Å²) in [6.45, 7) is 10.5. The van der Waals surface area contributed by atoms with Gasteiger partial charge >= 0.3 is 0 Å². The molecule has 2 fully saturated rings. The van der Waals surface area contributed by atoms with Crippen molar-refractivity contribution in [2.45, 2.75) is 89.6 Å². The van der Waals surface area contributed by atoms with Gasteiger partial charge in [0.15, 0.2) is 0 Å². The smallest absolute Gasteiger partial charge is 0.117 e. The van der Waals surface area contributed by atoms with Crippen molar-refractivity contribution >= 4 is 0 Å². The molecular formula is C16H30O3. The van der Waals surface area contributed by atoms with Crippen LogP contribution in [0.1, 0.15) is 66.2 Å². The Morgan fingerprint density at radius 2 is 1.26 bits per heavy atom. The maximum atomic E-state index is 6.25. The van der Waals surface area contributed by atoms with Crippen LogP contribution < -0.4 is 0 Å². The minimum absolute atomic E-state index is 0.00507. The molecule has 3 nitrogen and oxygen atoms in total. The van der Waals surface area contributed by atoms with Crippen molar-refractivity contribution < 1.29 is 14.2 Å². The summed E-state index contributed by atoms with van der Waals surface area (Å²) in [5, 5.41) is 0. The molecule has 0 N–H and O–H groups in total. The maximum absolute atomic E-state index is 6.25. The molecule has 2 rings (SSSR count). The van der Waals surface area contributed by atoms with E-state index in [-0.39, 0.29) is 23.4 Å². The van der Waals surface area contributed by atoms with Crippen LogP contribution in [0.15, 0.2) is 0 Å². The molecule has 0 aromatic rings. The summed E-state index contributed by atoms with van der Waals surface area (Å²) >= 11 is 0. The van der Waals surface area contributed by atoms with Crippen LogP contribution in [0, 0.1) is 0 Å². The predicted molar refractivity (Wildman–Crippen MR) is 76.4 cm³/mol. The van der Waals surface area contributed by atoms with Crippen molar-refractivity contribution in [3.8, 4) is 0 Å². The summed E-state index contributed by atoms with van der Waals surface area (Å²) < 4.78 is 17.7. The highest BCUT2D eigenvalue weighted by Gasteiger charge is 2.54. The van der Waals surface area contributed by atoms with E-state index in [1.165, 1.54) is 25.7 Å². The van der Waals surface area contributed by atoms with E-state index >= 15 is 0 Å². The fourth-order valence-electron chi connectivity index (χ4n) is 2.86. The molecule has 2 saturated heterocycles. The lowest BCUT2D eigenvalue weighted by molar-refractivity contribution is -0.0716. The third-order valence-corrected chi connectivity index (χ3v) is 4.83. The third-order valence-electron chi connectivity index (χ3n) is 4.83. The van der Waals surface area contributed by atoms with Crippen LogP contribution in [-0.4, -0.2) is 36.6 Å². The summed E-state index contributed by atoms with van der Waals surface area (Å²) in [5.74, 6) is 0. The van der Waals surface area contributed by atoms with Gasteiger partial charge in [-0.2, -0.15) is 0 Å². The van der Waals surface area contributed by atoms with Gasteiger partial charge in [-0.15, -0.1) is 0 Å². The fraction of sp³-hybridized carbons (Fsp3) is 1.00. The topological polar surface area (TPSA) is 34.3 Å². The van der Waals surface area contributed by atoms with Crippen molar-refractivity contribution in [1.82, 2.24) is 0 Å². The number of hydrogen-bond acceptors (Lipinski definition) is 3. The molecule has 0 aromatic heterocycles. The zero-order chi connectivity index (χ0) is 13.9. The summed E-state index contributed by atoms with van der Waals surface area (Å²) in [7, 11) is 0. The van der Waals surface area contributed by atoms with Crippen molar-refractivity contribution in [1.29, 1.82) is 0 Å². The number of rotatable bonds is 10. The van der Waals surface area contributed by atoms with E-state index in [0.717, 1.165) is 26.1 Å². The third kappa shape index (κ3) is 3.50. The molecular weight excluding hydrogens is 240 g/mol. The molecule has 2 aliphatic rings. The molecule has 0 spiro atoms. The second-order valence-electron chi connectivity index (χ2n) is 6.33. The van der Waals surface area contributed by atoms with Crippen molar-refractivity contribution in [2.24, 2.45) is 0 Å². The lowest BCUT2D eigenvalue weighted by Crippen LogP contribution is -2.39. The van der Waals surface area contributed by atoms with Gasteiger partial charge in [-0.1, -0.05) is 39.5 Å². The van der Waals surface area contributed by atoms with Gasteiger partial charge in [0.1, 0.15) is 11.2 Å². The van der Waals surface area contributed by atoms with Crippen LogP contribution >= 0.6 is 0 Å². The van der Waals surface area contributed by atoms with Gasteiger partial charge in [0.2, 0.25) is 0 Å². The molecule has 4 unspecified atom stereocenters.